The summed E-state index contributed by atoms with van der Waals surface area (Å²) in [6, 6.07) is 25.4. The van der Waals surface area contributed by atoms with Crippen LogP contribution in [0, 0.1) is 0 Å². The fourth-order valence-corrected chi connectivity index (χ4v) is 2.71. The zero-order valence-corrected chi connectivity index (χ0v) is 16.2. The van der Waals surface area contributed by atoms with Gasteiger partial charge >= 0.3 is 6.09 Å². The quantitative estimate of drug-likeness (QED) is 0.564. The largest absolute Gasteiger partial charge is 0.489 e. The van der Waals surface area contributed by atoms with Crippen molar-refractivity contribution in [1.29, 1.82) is 0 Å². The molecule has 148 valence electrons. The van der Waals surface area contributed by atoms with Gasteiger partial charge in [-0.25, -0.2) is 4.79 Å². The van der Waals surface area contributed by atoms with Crippen LogP contribution >= 0.6 is 0 Å². The van der Waals surface area contributed by atoms with E-state index in [0.717, 1.165) is 11.1 Å². The predicted octanol–water partition coefficient (Wildman–Crippen LogP) is 4.76. The van der Waals surface area contributed by atoms with Gasteiger partial charge in [0.1, 0.15) is 19.0 Å². The molecule has 3 rings (SSSR count). The lowest BCUT2D eigenvalue weighted by atomic mass is 10.1. The van der Waals surface area contributed by atoms with Crippen LogP contribution in [-0.4, -0.2) is 17.9 Å². The van der Waals surface area contributed by atoms with Gasteiger partial charge in [-0.05, 0) is 42.3 Å². The first-order valence-corrected chi connectivity index (χ1v) is 9.40. The summed E-state index contributed by atoms with van der Waals surface area (Å²) >= 11 is 0. The Morgan fingerprint density at radius 2 is 1.34 bits per heavy atom. The summed E-state index contributed by atoms with van der Waals surface area (Å²) in [4.78, 5) is 24.5. The number of carbonyl (C=O) groups excluding carboxylic acids is 2. The monoisotopic (exact) mass is 389 g/mol. The predicted molar refractivity (Wildman–Crippen MR) is 111 cm³/mol. The number of rotatable bonds is 8. The number of ether oxygens (including phenoxy) is 2. The summed E-state index contributed by atoms with van der Waals surface area (Å²) in [6.45, 7) is 2.24. The van der Waals surface area contributed by atoms with Crippen LogP contribution in [0.4, 0.5) is 4.79 Å². The van der Waals surface area contributed by atoms with Crippen LogP contribution in [0.1, 0.15) is 28.4 Å². The van der Waals surface area contributed by atoms with Gasteiger partial charge in [-0.1, -0.05) is 60.7 Å². The smallest absolute Gasteiger partial charge is 0.408 e. The highest BCUT2D eigenvalue weighted by Gasteiger charge is 2.18. The maximum absolute atomic E-state index is 12.5. The second-order valence-corrected chi connectivity index (χ2v) is 6.59. The summed E-state index contributed by atoms with van der Waals surface area (Å²) in [7, 11) is 0. The molecule has 0 saturated carbocycles. The first-order valence-electron chi connectivity index (χ1n) is 9.40. The lowest BCUT2D eigenvalue weighted by Crippen LogP contribution is -2.38. The van der Waals surface area contributed by atoms with E-state index in [9.17, 15) is 9.59 Å². The van der Waals surface area contributed by atoms with Crippen molar-refractivity contribution >= 4 is 11.9 Å². The molecule has 5 heteroatoms. The molecule has 0 fully saturated rings. The molecule has 0 saturated heterocycles. The topological polar surface area (TPSA) is 64.6 Å². The number of hydrogen-bond donors (Lipinski definition) is 1. The Labute approximate surface area is 170 Å². The number of alkyl carbamates (subject to hydrolysis) is 1. The van der Waals surface area contributed by atoms with Gasteiger partial charge in [0.15, 0.2) is 5.78 Å². The molecule has 3 aromatic rings. The van der Waals surface area contributed by atoms with E-state index in [2.05, 4.69) is 5.32 Å². The van der Waals surface area contributed by atoms with Crippen molar-refractivity contribution in [2.24, 2.45) is 0 Å². The number of Topliss-reactive ketones (excluding diaryl/α,β-unsaturated/α-hetero) is 1. The van der Waals surface area contributed by atoms with E-state index in [1.807, 2.05) is 60.7 Å². The molecule has 0 aromatic heterocycles. The molecule has 0 aliphatic rings. The average Bonchev–Trinajstić information content (AvgIpc) is 2.77. The van der Waals surface area contributed by atoms with Crippen molar-refractivity contribution in [3.63, 3.8) is 0 Å². The average molecular weight is 389 g/mol. The molecule has 1 unspecified atom stereocenters. The minimum Gasteiger partial charge on any atom is -0.489 e. The van der Waals surface area contributed by atoms with Gasteiger partial charge in [0.25, 0.3) is 0 Å². The molecule has 29 heavy (non-hydrogen) atoms. The van der Waals surface area contributed by atoms with Crippen LogP contribution in [0.15, 0.2) is 84.9 Å². The number of ketones is 1. The van der Waals surface area contributed by atoms with Crippen LogP contribution in [0.3, 0.4) is 0 Å². The van der Waals surface area contributed by atoms with E-state index in [0.29, 0.717) is 17.9 Å². The zero-order valence-electron chi connectivity index (χ0n) is 16.2. The molecule has 0 spiro atoms. The zero-order chi connectivity index (χ0) is 20.5. The molecule has 1 amide bonds. The Balaban J connectivity index is 1.48. The molecule has 0 aliphatic carbocycles. The van der Waals surface area contributed by atoms with Gasteiger partial charge in [-0.2, -0.15) is 0 Å². The van der Waals surface area contributed by atoms with Crippen molar-refractivity contribution in [1.82, 2.24) is 5.32 Å². The lowest BCUT2D eigenvalue weighted by molar-refractivity contribution is 0.0926. The molecule has 0 radical (unpaired) electrons. The molecular weight excluding hydrogens is 366 g/mol. The van der Waals surface area contributed by atoms with Gasteiger partial charge in [0.2, 0.25) is 0 Å². The second kappa shape index (κ2) is 10.1. The lowest BCUT2D eigenvalue weighted by Gasteiger charge is -2.14. The van der Waals surface area contributed by atoms with Crippen LogP contribution in [-0.2, 0) is 18.0 Å². The third kappa shape index (κ3) is 6.21. The number of amides is 1. The Hall–Kier alpha value is -3.60. The summed E-state index contributed by atoms with van der Waals surface area (Å²) in [6.07, 6.45) is -0.627. The van der Waals surface area contributed by atoms with E-state index in [-0.39, 0.29) is 12.4 Å². The SMILES string of the molecule is CC(NC(=O)OCc1ccccc1)C(=O)c1ccc(OCc2ccccc2)cc1. The number of benzene rings is 3. The van der Waals surface area contributed by atoms with E-state index in [1.165, 1.54) is 0 Å². The van der Waals surface area contributed by atoms with Crippen LogP contribution in [0.2, 0.25) is 0 Å². The minimum atomic E-state index is -0.700. The molecule has 0 aliphatic heterocycles. The first kappa shape index (κ1) is 20.1. The van der Waals surface area contributed by atoms with Gasteiger partial charge in [-0.3, -0.25) is 4.79 Å². The highest BCUT2D eigenvalue weighted by Crippen LogP contribution is 2.15. The highest BCUT2D eigenvalue weighted by molar-refractivity contribution is 6.01. The third-order valence-electron chi connectivity index (χ3n) is 4.33. The van der Waals surface area contributed by atoms with Crippen molar-refractivity contribution in [3.8, 4) is 5.75 Å². The molecule has 1 N–H and O–H groups in total. The van der Waals surface area contributed by atoms with Gasteiger partial charge < -0.3 is 14.8 Å². The molecule has 3 aromatic carbocycles. The maximum atomic E-state index is 12.5. The Bertz CT molecular complexity index is 924. The summed E-state index contributed by atoms with van der Waals surface area (Å²) in [5.41, 5.74) is 2.44. The fourth-order valence-electron chi connectivity index (χ4n) is 2.71. The van der Waals surface area contributed by atoms with Crippen LogP contribution in [0.5, 0.6) is 5.75 Å². The number of carbonyl (C=O) groups is 2. The van der Waals surface area contributed by atoms with E-state index < -0.39 is 12.1 Å². The maximum Gasteiger partial charge on any atom is 0.408 e. The molecule has 5 nitrogen and oxygen atoms in total. The van der Waals surface area contributed by atoms with Crippen molar-refractivity contribution in [2.75, 3.05) is 0 Å². The van der Waals surface area contributed by atoms with Crippen molar-refractivity contribution in [3.05, 3.63) is 102 Å². The standard InChI is InChI=1S/C24H23NO4/c1-18(25-24(27)29-17-20-10-6-3-7-11-20)23(26)21-12-14-22(15-13-21)28-16-19-8-4-2-5-9-19/h2-15,18H,16-17H2,1H3,(H,25,27). The minimum absolute atomic E-state index is 0.154. The normalized spacial score (nSPS) is 11.3. The Morgan fingerprint density at radius 3 is 1.93 bits per heavy atom. The fraction of sp³-hybridized carbons (Fsp3) is 0.167. The van der Waals surface area contributed by atoms with Crippen molar-refractivity contribution in [2.45, 2.75) is 26.2 Å². The van der Waals surface area contributed by atoms with Crippen molar-refractivity contribution < 1.29 is 19.1 Å². The van der Waals surface area contributed by atoms with E-state index in [1.54, 1.807) is 31.2 Å². The second-order valence-electron chi connectivity index (χ2n) is 6.59. The number of nitrogens with one attached hydrogen (secondary N) is 1. The van der Waals surface area contributed by atoms with Gasteiger partial charge in [0.05, 0.1) is 6.04 Å². The summed E-state index contributed by atoms with van der Waals surface area (Å²) < 4.78 is 10.9. The Morgan fingerprint density at radius 1 is 0.793 bits per heavy atom. The first-order chi connectivity index (χ1) is 14.1. The number of hydrogen-bond acceptors (Lipinski definition) is 4. The van der Waals surface area contributed by atoms with Gasteiger partial charge in [0, 0.05) is 5.56 Å². The molecular formula is C24H23NO4. The summed E-state index contributed by atoms with van der Waals surface area (Å²) in [5, 5.41) is 2.57. The molecule has 0 bridgehead atoms. The molecule has 0 heterocycles. The molecule has 1 atom stereocenters. The van der Waals surface area contributed by atoms with E-state index >= 15 is 0 Å². The van der Waals surface area contributed by atoms with E-state index in [4.69, 9.17) is 9.47 Å². The van der Waals surface area contributed by atoms with Crippen LogP contribution in [0.25, 0.3) is 0 Å². The summed E-state index contributed by atoms with van der Waals surface area (Å²) in [5.74, 6) is 0.476. The Kier molecular flexibility index (Phi) is 7.00. The van der Waals surface area contributed by atoms with Crippen LogP contribution < -0.4 is 10.1 Å². The van der Waals surface area contributed by atoms with Gasteiger partial charge in [-0.15, -0.1) is 0 Å². The highest BCUT2D eigenvalue weighted by atomic mass is 16.5. The third-order valence-corrected chi connectivity index (χ3v) is 4.33.